The number of nitrogens with two attached hydrogens (primary N) is 1. The summed E-state index contributed by atoms with van der Waals surface area (Å²) in [6.45, 7) is 3.03. The topological polar surface area (TPSA) is 60.0 Å². The van der Waals surface area contributed by atoms with Crippen LogP contribution in [0.5, 0.6) is 0 Å². The van der Waals surface area contributed by atoms with Crippen LogP contribution in [-0.4, -0.2) is 39.8 Å². The van der Waals surface area contributed by atoms with E-state index in [2.05, 4.69) is 16.5 Å². The molecule has 3 atom stereocenters. The second-order valence-electron chi connectivity index (χ2n) is 6.91. The summed E-state index contributed by atoms with van der Waals surface area (Å²) in [6.07, 6.45) is 1.04. The van der Waals surface area contributed by atoms with Crippen LogP contribution in [-0.2, 0) is 0 Å². The molecule has 3 aromatic rings. The van der Waals surface area contributed by atoms with E-state index in [9.17, 15) is 4.39 Å². The van der Waals surface area contributed by atoms with Crippen LogP contribution in [0.1, 0.15) is 25.1 Å². The van der Waals surface area contributed by atoms with Gasteiger partial charge in [0.1, 0.15) is 6.17 Å². The Morgan fingerprint density at radius 3 is 2.70 bits per heavy atom. The van der Waals surface area contributed by atoms with Gasteiger partial charge in [-0.3, -0.25) is 4.98 Å². The first-order chi connectivity index (χ1) is 12.9. The average molecular weight is 408 g/mol. The summed E-state index contributed by atoms with van der Waals surface area (Å²) in [5.74, 6) is 0.749. The van der Waals surface area contributed by atoms with Crippen molar-refractivity contribution in [1.29, 1.82) is 0 Å². The summed E-state index contributed by atoms with van der Waals surface area (Å²) < 4.78 is 16.0. The zero-order valence-electron chi connectivity index (χ0n) is 14.8. The van der Waals surface area contributed by atoms with Crippen LogP contribution < -0.4 is 10.6 Å². The quantitative estimate of drug-likeness (QED) is 0.705. The van der Waals surface area contributed by atoms with Crippen molar-refractivity contribution in [2.75, 3.05) is 18.0 Å². The van der Waals surface area contributed by atoms with Crippen molar-refractivity contribution < 1.29 is 4.39 Å². The van der Waals surface area contributed by atoms with E-state index in [4.69, 9.17) is 33.9 Å². The van der Waals surface area contributed by atoms with Crippen molar-refractivity contribution in [3.8, 4) is 0 Å². The Kier molecular flexibility index (Phi) is 4.97. The maximum atomic E-state index is 13.9. The summed E-state index contributed by atoms with van der Waals surface area (Å²) in [5.41, 5.74) is 8.56. The molecule has 1 aliphatic rings. The largest absolute Gasteiger partial charge is 0.340 e. The molecule has 0 bridgehead atoms. The predicted octanol–water partition coefficient (Wildman–Crippen LogP) is 4.22. The van der Waals surface area contributed by atoms with Crippen LogP contribution >= 0.6 is 23.2 Å². The summed E-state index contributed by atoms with van der Waals surface area (Å²) in [7, 11) is 0. The molecule has 1 fully saturated rings. The molecule has 5 nitrogen and oxygen atoms in total. The number of hydrogen-bond acceptors (Lipinski definition) is 4. The molecule has 2 N–H and O–H groups in total. The zero-order valence-corrected chi connectivity index (χ0v) is 16.3. The van der Waals surface area contributed by atoms with E-state index in [1.807, 2.05) is 35.2 Å². The Hall–Kier alpha value is -1.89. The highest BCUT2D eigenvalue weighted by molar-refractivity contribution is 6.31. The Balaban J connectivity index is 1.83. The van der Waals surface area contributed by atoms with Gasteiger partial charge in [-0.25, -0.2) is 9.37 Å². The lowest BCUT2D eigenvalue weighted by molar-refractivity contribution is 0.243. The number of pyridine rings is 1. The Morgan fingerprint density at radius 1 is 1.22 bits per heavy atom. The van der Waals surface area contributed by atoms with E-state index in [1.54, 1.807) is 6.20 Å². The van der Waals surface area contributed by atoms with Crippen molar-refractivity contribution in [3.63, 3.8) is 0 Å². The van der Waals surface area contributed by atoms with Gasteiger partial charge in [0.05, 0.1) is 33.8 Å². The third-order valence-electron chi connectivity index (χ3n) is 5.05. The van der Waals surface area contributed by atoms with E-state index in [0.29, 0.717) is 29.6 Å². The predicted molar refractivity (Wildman–Crippen MR) is 108 cm³/mol. The maximum absolute atomic E-state index is 13.9. The number of fused-ring (bicyclic) bond motifs is 1. The third kappa shape index (κ3) is 3.49. The third-order valence-corrected chi connectivity index (χ3v) is 5.51. The molecule has 1 aromatic carbocycles. The number of benzene rings is 1. The molecular formula is C19H20Cl2FN5. The zero-order chi connectivity index (χ0) is 19.1. The number of rotatable bonds is 3. The molecule has 142 valence electrons. The van der Waals surface area contributed by atoms with E-state index >= 15 is 0 Å². The molecule has 2 aromatic heterocycles. The SMILES string of the molecule is CC(c1ccc(Cl)cn1)n1c(N2CCC(F)[C@H](N)C2)nc2cc(Cl)ccc21. The molecule has 3 heterocycles. The molecular weight excluding hydrogens is 388 g/mol. The van der Waals surface area contributed by atoms with Gasteiger partial charge in [0, 0.05) is 24.3 Å². The highest BCUT2D eigenvalue weighted by Crippen LogP contribution is 2.32. The second-order valence-corrected chi connectivity index (χ2v) is 7.78. The van der Waals surface area contributed by atoms with Gasteiger partial charge in [0.2, 0.25) is 5.95 Å². The highest BCUT2D eigenvalue weighted by atomic mass is 35.5. The van der Waals surface area contributed by atoms with Crippen molar-refractivity contribution in [3.05, 3.63) is 52.3 Å². The fourth-order valence-electron chi connectivity index (χ4n) is 3.57. The fraction of sp³-hybridized carbons (Fsp3) is 0.368. The molecule has 0 radical (unpaired) electrons. The van der Waals surface area contributed by atoms with E-state index in [-0.39, 0.29) is 6.04 Å². The number of nitrogens with zero attached hydrogens (tertiary/aromatic N) is 4. The lowest BCUT2D eigenvalue weighted by atomic mass is 10.1. The molecule has 8 heteroatoms. The minimum Gasteiger partial charge on any atom is -0.340 e. The lowest BCUT2D eigenvalue weighted by Gasteiger charge is -2.34. The molecule has 0 saturated carbocycles. The van der Waals surface area contributed by atoms with Gasteiger partial charge in [0.25, 0.3) is 0 Å². The normalized spacial score (nSPS) is 21.6. The highest BCUT2D eigenvalue weighted by Gasteiger charge is 2.30. The van der Waals surface area contributed by atoms with E-state index < -0.39 is 12.2 Å². The van der Waals surface area contributed by atoms with Crippen LogP contribution in [0.3, 0.4) is 0 Å². The number of imidazole rings is 1. The van der Waals surface area contributed by atoms with E-state index in [0.717, 1.165) is 22.7 Å². The van der Waals surface area contributed by atoms with Crippen molar-refractivity contribution in [2.45, 2.75) is 31.6 Å². The number of anilines is 1. The monoisotopic (exact) mass is 407 g/mol. The van der Waals surface area contributed by atoms with Crippen LogP contribution in [0.2, 0.25) is 10.0 Å². The van der Waals surface area contributed by atoms with Gasteiger partial charge >= 0.3 is 0 Å². The first-order valence-electron chi connectivity index (χ1n) is 8.87. The lowest BCUT2D eigenvalue weighted by Crippen LogP contribution is -2.50. The molecule has 0 aliphatic carbocycles. The average Bonchev–Trinajstić information content (AvgIpc) is 3.02. The van der Waals surface area contributed by atoms with Gasteiger partial charge in [-0.15, -0.1) is 0 Å². The first kappa shape index (κ1) is 18.5. The summed E-state index contributed by atoms with van der Waals surface area (Å²) in [4.78, 5) is 11.3. The second kappa shape index (κ2) is 7.26. The minimum atomic E-state index is -0.983. The van der Waals surface area contributed by atoms with Crippen molar-refractivity contribution >= 4 is 40.2 Å². The molecule has 0 spiro atoms. The number of aromatic nitrogens is 3. The number of hydrogen-bond donors (Lipinski definition) is 1. The molecule has 0 amide bonds. The van der Waals surface area contributed by atoms with Crippen LogP contribution in [0, 0.1) is 0 Å². The van der Waals surface area contributed by atoms with Crippen LogP contribution in [0.25, 0.3) is 11.0 Å². The van der Waals surface area contributed by atoms with Gasteiger partial charge in [-0.1, -0.05) is 23.2 Å². The maximum Gasteiger partial charge on any atom is 0.207 e. The first-order valence-corrected chi connectivity index (χ1v) is 9.63. The summed E-state index contributed by atoms with van der Waals surface area (Å²) >= 11 is 12.1. The summed E-state index contributed by atoms with van der Waals surface area (Å²) in [5, 5.41) is 1.21. The molecule has 27 heavy (non-hydrogen) atoms. The van der Waals surface area contributed by atoms with E-state index in [1.165, 1.54) is 0 Å². The van der Waals surface area contributed by atoms with Gasteiger partial charge in [-0.2, -0.15) is 0 Å². The minimum absolute atomic E-state index is 0.0947. The Morgan fingerprint density at radius 2 is 2.00 bits per heavy atom. The number of alkyl halides is 1. The molecule has 2 unspecified atom stereocenters. The number of halogens is 3. The molecule has 1 saturated heterocycles. The fourth-order valence-corrected chi connectivity index (χ4v) is 3.84. The molecule has 1 aliphatic heterocycles. The number of piperidine rings is 1. The van der Waals surface area contributed by atoms with Crippen molar-refractivity contribution in [1.82, 2.24) is 14.5 Å². The van der Waals surface area contributed by atoms with Crippen LogP contribution in [0.15, 0.2) is 36.5 Å². The standard InChI is InChI=1S/C19H20Cl2FN5/c1-11(16-4-2-13(21)9-24-16)27-18-5-3-12(20)8-17(18)25-19(27)26-7-6-14(22)15(23)10-26/h2-5,8-9,11,14-15H,6-7,10,23H2,1H3/t11?,14?,15-/m1/s1. The van der Waals surface area contributed by atoms with Crippen molar-refractivity contribution in [2.24, 2.45) is 5.73 Å². The van der Waals surface area contributed by atoms with Gasteiger partial charge in [-0.05, 0) is 43.7 Å². The Labute approximate surface area is 166 Å². The summed E-state index contributed by atoms with van der Waals surface area (Å²) in [6, 6.07) is 8.72. The van der Waals surface area contributed by atoms with Gasteiger partial charge in [0.15, 0.2) is 0 Å². The smallest absolute Gasteiger partial charge is 0.207 e. The van der Waals surface area contributed by atoms with Crippen LogP contribution in [0.4, 0.5) is 10.3 Å². The Bertz CT molecular complexity index is 959. The van der Waals surface area contributed by atoms with Gasteiger partial charge < -0.3 is 15.2 Å². The molecule has 4 rings (SSSR count).